The van der Waals surface area contributed by atoms with Crippen LogP contribution in [0, 0.1) is 10.1 Å². The van der Waals surface area contributed by atoms with Crippen LogP contribution in [0.2, 0.25) is 0 Å². The van der Waals surface area contributed by atoms with Gasteiger partial charge in [0.25, 0.3) is 0 Å². The maximum Gasteiger partial charge on any atom is 0.433 e. The van der Waals surface area contributed by atoms with E-state index < -0.39 is 4.92 Å². The SMILES string of the molecule is CCCc1ccc(C(NCC)c2ccc([N+](=O)[O-])o2)cc1. The fraction of sp³-hybridized carbons (Fsp3) is 0.375. The van der Waals surface area contributed by atoms with E-state index in [-0.39, 0.29) is 11.9 Å². The molecule has 0 bridgehead atoms. The molecule has 0 aliphatic rings. The molecule has 0 saturated heterocycles. The molecular weight excluding hydrogens is 268 g/mol. The van der Waals surface area contributed by atoms with E-state index in [4.69, 9.17) is 4.42 Å². The van der Waals surface area contributed by atoms with Gasteiger partial charge in [0, 0.05) is 0 Å². The Balaban J connectivity index is 2.26. The van der Waals surface area contributed by atoms with Crippen LogP contribution in [0.15, 0.2) is 40.8 Å². The van der Waals surface area contributed by atoms with E-state index in [2.05, 4.69) is 24.4 Å². The molecule has 1 unspecified atom stereocenters. The molecule has 0 aliphatic heterocycles. The fourth-order valence-electron chi connectivity index (χ4n) is 2.35. The lowest BCUT2D eigenvalue weighted by molar-refractivity contribution is -0.402. The molecule has 1 aromatic carbocycles. The third-order valence-corrected chi connectivity index (χ3v) is 3.34. The quantitative estimate of drug-likeness (QED) is 0.621. The minimum absolute atomic E-state index is 0.167. The van der Waals surface area contributed by atoms with E-state index in [1.165, 1.54) is 11.6 Å². The highest BCUT2D eigenvalue weighted by Gasteiger charge is 2.20. The van der Waals surface area contributed by atoms with Crippen LogP contribution < -0.4 is 5.32 Å². The number of hydrogen-bond donors (Lipinski definition) is 1. The van der Waals surface area contributed by atoms with Gasteiger partial charge >= 0.3 is 5.88 Å². The predicted octanol–water partition coefficient (Wildman–Crippen LogP) is 3.84. The van der Waals surface area contributed by atoms with Gasteiger partial charge in [0.1, 0.15) is 10.7 Å². The highest BCUT2D eigenvalue weighted by Crippen LogP contribution is 2.27. The molecule has 5 heteroatoms. The number of nitrogens with zero attached hydrogens (tertiary/aromatic N) is 1. The van der Waals surface area contributed by atoms with Crippen LogP contribution in [-0.4, -0.2) is 11.5 Å². The third kappa shape index (κ3) is 3.70. The summed E-state index contributed by atoms with van der Waals surface area (Å²) in [5, 5.41) is 14.0. The minimum atomic E-state index is -0.517. The second kappa shape index (κ2) is 7.04. The summed E-state index contributed by atoms with van der Waals surface area (Å²) in [4.78, 5) is 10.2. The molecule has 21 heavy (non-hydrogen) atoms. The number of furan rings is 1. The largest absolute Gasteiger partial charge is 0.433 e. The van der Waals surface area contributed by atoms with Gasteiger partial charge in [0.15, 0.2) is 0 Å². The molecule has 0 spiro atoms. The average molecular weight is 288 g/mol. The summed E-state index contributed by atoms with van der Waals surface area (Å²) < 4.78 is 5.33. The Morgan fingerprint density at radius 1 is 1.19 bits per heavy atom. The fourth-order valence-corrected chi connectivity index (χ4v) is 2.35. The minimum Gasteiger partial charge on any atom is -0.404 e. The molecule has 5 nitrogen and oxygen atoms in total. The van der Waals surface area contributed by atoms with Crippen molar-refractivity contribution in [2.75, 3.05) is 6.54 Å². The van der Waals surface area contributed by atoms with Crippen molar-refractivity contribution < 1.29 is 9.34 Å². The summed E-state index contributed by atoms with van der Waals surface area (Å²) in [6, 6.07) is 11.2. The molecular formula is C16H20N2O3. The van der Waals surface area contributed by atoms with Gasteiger partial charge in [-0.1, -0.05) is 44.5 Å². The Morgan fingerprint density at radius 2 is 1.90 bits per heavy atom. The van der Waals surface area contributed by atoms with Crippen LogP contribution in [0.3, 0.4) is 0 Å². The summed E-state index contributed by atoms with van der Waals surface area (Å²) in [5.41, 5.74) is 2.34. The normalized spacial score (nSPS) is 12.3. The average Bonchev–Trinajstić information content (AvgIpc) is 2.96. The Kier molecular flexibility index (Phi) is 5.11. The van der Waals surface area contributed by atoms with Crippen molar-refractivity contribution in [2.45, 2.75) is 32.7 Å². The van der Waals surface area contributed by atoms with Gasteiger partial charge in [0.2, 0.25) is 0 Å². The maximum absolute atomic E-state index is 10.7. The summed E-state index contributed by atoms with van der Waals surface area (Å²) in [5.74, 6) is 0.335. The third-order valence-electron chi connectivity index (χ3n) is 3.34. The van der Waals surface area contributed by atoms with Gasteiger partial charge in [0.05, 0.1) is 12.1 Å². The Morgan fingerprint density at radius 3 is 2.43 bits per heavy atom. The first-order chi connectivity index (χ1) is 10.2. The first-order valence-electron chi connectivity index (χ1n) is 7.22. The summed E-state index contributed by atoms with van der Waals surface area (Å²) in [7, 11) is 0. The van der Waals surface area contributed by atoms with Crippen molar-refractivity contribution in [3.05, 3.63) is 63.4 Å². The van der Waals surface area contributed by atoms with Gasteiger partial charge < -0.3 is 9.73 Å². The van der Waals surface area contributed by atoms with Gasteiger partial charge in [-0.25, -0.2) is 0 Å². The van der Waals surface area contributed by atoms with Crippen LogP contribution in [0.1, 0.15) is 43.2 Å². The van der Waals surface area contributed by atoms with Gasteiger partial charge in [-0.05, 0) is 30.2 Å². The lowest BCUT2D eigenvalue weighted by Crippen LogP contribution is -2.21. The van der Waals surface area contributed by atoms with Gasteiger partial charge in [-0.3, -0.25) is 10.1 Å². The van der Waals surface area contributed by atoms with E-state index in [1.54, 1.807) is 6.07 Å². The van der Waals surface area contributed by atoms with Crippen LogP contribution in [0.25, 0.3) is 0 Å². The van der Waals surface area contributed by atoms with Crippen molar-refractivity contribution in [1.82, 2.24) is 5.32 Å². The summed E-state index contributed by atoms with van der Waals surface area (Å²) in [6.45, 7) is 4.89. The van der Waals surface area contributed by atoms with E-state index in [9.17, 15) is 10.1 Å². The van der Waals surface area contributed by atoms with E-state index >= 15 is 0 Å². The van der Waals surface area contributed by atoms with Crippen molar-refractivity contribution >= 4 is 5.88 Å². The molecule has 0 radical (unpaired) electrons. The summed E-state index contributed by atoms with van der Waals surface area (Å²) >= 11 is 0. The Labute approximate surface area is 124 Å². The lowest BCUT2D eigenvalue weighted by Gasteiger charge is -2.16. The number of hydrogen-bond acceptors (Lipinski definition) is 4. The lowest BCUT2D eigenvalue weighted by atomic mass is 10.0. The number of nitro groups is 1. The highest BCUT2D eigenvalue weighted by atomic mass is 16.6. The molecule has 2 aromatic rings. The second-order valence-corrected chi connectivity index (χ2v) is 4.92. The first-order valence-corrected chi connectivity index (χ1v) is 7.22. The number of aryl methyl sites for hydroxylation is 1. The molecule has 0 saturated carbocycles. The van der Waals surface area contributed by atoms with Crippen LogP contribution >= 0.6 is 0 Å². The van der Waals surface area contributed by atoms with E-state index in [0.717, 1.165) is 24.9 Å². The van der Waals surface area contributed by atoms with Crippen molar-refractivity contribution in [3.63, 3.8) is 0 Å². The Hall–Kier alpha value is -2.14. The van der Waals surface area contributed by atoms with Crippen molar-refractivity contribution in [1.29, 1.82) is 0 Å². The smallest absolute Gasteiger partial charge is 0.404 e. The number of nitrogens with one attached hydrogen (secondary N) is 1. The molecule has 1 N–H and O–H groups in total. The monoisotopic (exact) mass is 288 g/mol. The van der Waals surface area contributed by atoms with E-state index in [0.29, 0.717) is 5.76 Å². The topological polar surface area (TPSA) is 68.3 Å². The van der Waals surface area contributed by atoms with Crippen LogP contribution in [0.5, 0.6) is 0 Å². The maximum atomic E-state index is 10.7. The molecule has 1 heterocycles. The van der Waals surface area contributed by atoms with Gasteiger partial charge in [-0.15, -0.1) is 0 Å². The number of benzene rings is 1. The highest BCUT2D eigenvalue weighted by molar-refractivity contribution is 5.32. The van der Waals surface area contributed by atoms with Crippen molar-refractivity contribution in [3.8, 4) is 0 Å². The summed E-state index contributed by atoms with van der Waals surface area (Å²) in [6.07, 6.45) is 2.17. The Bertz CT molecular complexity index is 590. The predicted molar refractivity (Wildman–Crippen MR) is 81.3 cm³/mol. The first kappa shape index (κ1) is 15.3. The number of rotatable bonds is 7. The molecule has 1 atom stereocenters. The molecule has 0 aliphatic carbocycles. The molecule has 0 fully saturated rings. The van der Waals surface area contributed by atoms with Crippen LogP contribution in [-0.2, 0) is 6.42 Å². The molecule has 112 valence electrons. The van der Waals surface area contributed by atoms with Crippen LogP contribution in [0.4, 0.5) is 5.88 Å². The zero-order valence-electron chi connectivity index (χ0n) is 12.3. The second-order valence-electron chi connectivity index (χ2n) is 4.92. The standard InChI is InChI=1S/C16H20N2O3/c1-3-5-12-6-8-13(9-7-12)16(17-4-2)14-10-11-15(21-14)18(19)20/h6-11,16-17H,3-5H2,1-2H3. The van der Waals surface area contributed by atoms with E-state index in [1.807, 2.05) is 19.1 Å². The molecule has 0 amide bonds. The van der Waals surface area contributed by atoms with Gasteiger partial charge in [-0.2, -0.15) is 0 Å². The van der Waals surface area contributed by atoms with Crippen molar-refractivity contribution in [2.24, 2.45) is 0 Å². The zero-order valence-corrected chi connectivity index (χ0v) is 12.3. The zero-order chi connectivity index (χ0) is 15.2. The molecule has 1 aromatic heterocycles. The molecule has 2 rings (SSSR count).